The van der Waals surface area contributed by atoms with Crippen LogP contribution in [0.15, 0.2) is 78.7 Å². The summed E-state index contributed by atoms with van der Waals surface area (Å²) in [6.45, 7) is 0. The fourth-order valence-corrected chi connectivity index (χ4v) is 2.21. The molecule has 92 valence electrons. The number of hydrogen-bond donors (Lipinski definition) is 0. The van der Waals surface area contributed by atoms with Crippen molar-refractivity contribution >= 4 is 11.6 Å². The van der Waals surface area contributed by atoms with Crippen molar-refractivity contribution in [1.82, 2.24) is 0 Å². The van der Waals surface area contributed by atoms with Crippen molar-refractivity contribution in [2.24, 2.45) is 0 Å². The number of rotatable bonds is 2. The van der Waals surface area contributed by atoms with E-state index in [1.807, 2.05) is 30.3 Å². The molecule has 3 rings (SSSR count). The molecule has 0 amide bonds. The van der Waals surface area contributed by atoms with Gasteiger partial charge < -0.3 is 0 Å². The van der Waals surface area contributed by atoms with Crippen LogP contribution in [0.3, 0.4) is 0 Å². The number of hydrogen-bond acceptors (Lipinski definition) is 0. The molecule has 0 bridgehead atoms. The lowest BCUT2D eigenvalue weighted by Crippen LogP contribution is -1.82. The molecule has 0 radical (unpaired) electrons. The van der Waals surface area contributed by atoms with Gasteiger partial charge in [0.1, 0.15) is 0 Å². The molecule has 1 heteroatoms. The first-order valence-corrected chi connectivity index (χ1v) is 6.22. The molecule has 3 aromatic carbocycles. The molecule has 3 aromatic rings. The van der Waals surface area contributed by atoms with E-state index >= 15 is 0 Å². The average Bonchev–Trinajstić information content (AvgIpc) is 2.59. The van der Waals surface area contributed by atoms with Crippen LogP contribution in [0, 0.1) is 0 Å². The highest BCUT2D eigenvalue weighted by atomic mass is 35.5. The van der Waals surface area contributed by atoms with Crippen LogP contribution in [-0.4, -0.2) is 0 Å². The summed E-state index contributed by atoms with van der Waals surface area (Å²) in [7, 11) is 0. The summed E-state index contributed by atoms with van der Waals surface area (Å²) in [4.78, 5) is 0. The maximum absolute atomic E-state index is 8.05. The normalized spacial score (nSPS) is 14.1. The Morgan fingerprint density at radius 3 is 2.16 bits per heavy atom. The van der Waals surface area contributed by atoms with E-state index in [0.717, 1.165) is 11.1 Å². The number of benzene rings is 3. The predicted octanol–water partition coefficient (Wildman–Crippen LogP) is 5.67. The molecular formula is C18H13Cl. The molecule has 0 N–H and O–H groups in total. The van der Waals surface area contributed by atoms with Gasteiger partial charge in [-0.1, -0.05) is 84.3 Å². The zero-order chi connectivity index (χ0) is 17.4. The van der Waals surface area contributed by atoms with E-state index in [1.54, 1.807) is 18.2 Å². The molecule has 0 fully saturated rings. The lowest BCUT2D eigenvalue weighted by Gasteiger charge is -2.07. The van der Waals surface area contributed by atoms with Gasteiger partial charge in [-0.05, 0) is 22.8 Å². The summed E-state index contributed by atoms with van der Waals surface area (Å²) in [5.41, 5.74) is 2.43. The van der Waals surface area contributed by atoms with Gasteiger partial charge in [0.2, 0.25) is 0 Å². The maximum Gasteiger partial charge on any atom is 0.0629 e. The van der Waals surface area contributed by atoms with E-state index in [9.17, 15) is 0 Å². The zero-order valence-electron chi connectivity index (χ0n) is 15.0. The van der Waals surface area contributed by atoms with Crippen LogP contribution in [-0.2, 0) is 0 Å². The molecule has 0 nitrogen and oxygen atoms in total. The smallest absolute Gasteiger partial charge is 0.0629 e. The third kappa shape index (κ3) is 2.54. The second-order valence-corrected chi connectivity index (χ2v) is 4.47. The minimum Gasteiger partial charge on any atom is -0.0836 e. The molecule has 0 saturated heterocycles. The maximum atomic E-state index is 8.05. The van der Waals surface area contributed by atoms with Gasteiger partial charge in [-0.15, -0.1) is 0 Å². The van der Waals surface area contributed by atoms with Crippen molar-refractivity contribution in [3.63, 3.8) is 0 Å². The monoisotopic (exact) mass is 269 g/mol. The first-order valence-electron chi connectivity index (χ1n) is 8.34. The highest BCUT2D eigenvalue weighted by Gasteiger charge is 2.05. The minimum absolute atomic E-state index is 0.155. The van der Waals surface area contributed by atoms with Crippen molar-refractivity contribution in [2.75, 3.05) is 0 Å². The fraction of sp³-hybridized carbons (Fsp3) is 0. The van der Waals surface area contributed by atoms with Gasteiger partial charge in [0.05, 0.1) is 6.85 Å². The second-order valence-electron chi connectivity index (χ2n) is 4.06. The van der Waals surface area contributed by atoms with Crippen LogP contribution in [0.5, 0.6) is 0 Å². The molecule has 0 spiro atoms. The van der Waals surface area contributed by atoms with Crippen molar-refractivity contribution in [3.8, 4) is 22.3 Å². The van der Waals surface area contributed by atoms with Gasteiger partial charge in [-0.2, -0.15) is 0 Å². The van der Waals surface area contributed by atoms with Gasteiger partial charge in [-0.3, -0.25) is 0 Å². The zero-order valence-corrected chi connectivity index (χ0v) is 10.8. The summed E-state index contributed by atoms with van der Waals surface area (Å²) < 4.78 is 39.3. The van der Waals surface area contributed by atoms with Crippen LogP contribution in [0.1, 0.15) is 6.85 Å². The molecule has 0 unspecified atom stereocenters. The van der Waals surface area contributed by atoms with Gasteiger partial charge in [0.25, 0.3) is 0 Å². The summed E-state index contributed by atoms with van der Waals surface area (Å²) in [5, 5.41) is 0.463. The molecule has 0 heterocycles. The Labute approximate surface area is 125 Å². The van der Waals surface area contributed by atoms with Crippen LogP contribution in [0.4, 0.5) is 0 Å². The molecule has 19 heavy (non-hydrogen) atoms. The van der Waals surface area contributed by atoms with Crippen molar-refractivity contribution in [2.45, 2.75) is 0 Å². The van der Waals surface area contributed by atoms with E-state index < -0.39 is 6.04 Å². The number of halogens is 1. The Hall–Kier alpha value is -2.05. The molecular weight excluding hydrogens is 252 g/mol. The largest absolute Gasteiger partial charge is 0.0836 e. The van der Waals surface area contributed by atoms with Crippen LogP contribution >= 0.6 is 11.6 Å². The lowest BCUT2D eigenvalue weighted by molar-refractivity contribution is 1.59. The third-order valence-electron chi connectivity index (χ3n) is 2.84. The molecule has 0 aliphatic heterocycles. The first-order chi connectivity index (χ1) is 11.4. The van der Waals surface area contributed by atoms with E-state index in [2.05, 4.69) is 0 Å². The van der Waals surface area contributed by atoms with Gasteiger partial charge in [-0.25, -0.2) is 0 Å². The Balaban J connectivity index is 2.18. The van der Waals surface area contributed by atoms with Gasteiger partial charge >= 0.3 is 0 Å². The van der Waals surface area contributed by atoms with Crippen LogP contribution < -0.4 is 0 Å². The summed E-state index contributed by atoms with van der Waals surface area (Å²) >= 11 is 6.38. The average molecular weight is 270 g/mol. The SMILES string of the molecule is [2H]c1c([2H])c([2H])c(-c2ccc(-c3ccccc3)c(Cl)c2)c([2H])c1[2H]. The van der Waals surface area contributed by atoms with Crippen molar-refractivity contribution in [1.29, 1.82) is 0 Å². The third-order valence-corrected chi connectivity index (χ3v) is 3.16. The topological polar surface area (TPSA) is 0 Å². The quantitative estimate of drug-likeness (QED) is 0.562. The Morgan fingerprint density at radius 2 is 1.47 bits per heavy atom. The highest BCUT2D eigenvalue weighted by molar-refractivity contribution is 6.33. The van der Waals surface area contributed by atoms with Crippen molar-refractivity contribution < 1.29 is 6.85 Å². The molecule has 0 aliphatic rings. The van der Waals surface area contributed by atoms with E-state index in [4.69, 9.17) is 18.5 Å². The Kier molecular flexibility index (Phi) is 2.09. The van der Waals surface area contributed by atoms with E-state index in [0.29, 0.717) is 10.6 Å². The Bertz CT molecular complexity index is 893. The standard InChI is InChI=1S/C18H13Cl/c19-18-13-16(14-7-3-1-4-8-14)11-12-17(18)15-9-5-2-6-10-15/h1-13H/i1D,3D,4D,7D,8D. The summed E-state index contributed by atoms with van der Waals surface area (Å²) in [6.07, 6.45) is 0. The predicted molar refractivity (Wildman–Crippen MR) is 82.3 cm³/mol. The minimum atomic E-state index is -0.402. The first kappa shape index (κ1) is 7.52. The van der Waals surface area contributed by atoms with Crippen molar-refractivity contribution in [3.05, 3.63) is 83.8 Å². The Morgan fingerprint density at radius 1 is 0.737 bits per heavy atom. The van der Waals surface area contributed by atoms with Crippen LogP contribution in [0.25, 0.3) is 22.3 Å². The fourth-order valence-electron chi connectivity index (χ4n) is 1.92. The summed E-state index contributed by atoms with van der Waals surface area (Å²) in [6, 6.07) is 13.2. The van der Waals surface area contributed by atoms with Gasteiger partial charge in [0.15, 0.2) is 0 Å². The highest BCUT2D eigenvalue weighted by Crippen LogP contribution is 2.31. The summed E-state index contributed by atoms with van der Waals surface area (Å²) in [5.74, 6) is 0. The molecule has 0 saturated carbocycles. The second kappa shape index (κ2) is 5.29. The molecule has 0 aliphatic carbocycles. The molecule has 0 atom stereocenters. The van der Waals surface area contributed by atoms with Gasteiger partial charge in [0, 0.05) is 10.6 Å². The van der Waals surface area contributed by atoms with E-state index in [1.165, 1.54) is 0 Å². The molecule has 0 aromatic heterocycles. The van der Waals surface area contributed by atoms with E-state index in [-0.39, 0.29) is 29.7 Å². The lowest BCUT2D eigenvalue weighted by atomic mass is 10.0. The van der Waals surface area contributed by atoms with Crippen LogP contribution in [0.2, 0.25) is 5.02 Å².